The molecule has 0 spiro atoms. The van der Waals surface area contributed by atoms with E-state index in [9.17, 15) is 0 Å². The molecular weight excluding hydrogens is 262 g/mol. The van der Waals surface area contributed by atoms with E-state index in [0.717, 1.165) is 24.2 Å². The lowest BCUT2D eigenvalue weighted by molar-refractivity contribution is 0.234. The fourth-order valence-electron chi connectivity index (χ4n) is 3.09. The Morgan fingerprint density at radius 2 is 2.19 bits per heavy atom. The summed E-state index contributed by atoms with van der Waals surface area (Å²) in [5, 5.41) is 3.40. The summed E-state index contributed by atoms with van der Waals surface area (Å²) in [6, 6.07) is 3.78. The third kappa shape index (κ3) is 5.10. The number of pyridine rings is 1. The highest BCUT2D eigenvalue weighted by Gasteiger charge is 2.18. The van der Waals surface area contributed by atoms with Crippen LogP contribution in [0.4, 0.5) is 11.5 Å². The van der Waals surface area contributed by atoms with Crippen LogP contribution in [0.2, 0.25) is 0 Å². The summed E-state index contributed by atoms with van der Waals surface area (Å²) in [5.74, 6) is 3.14. The van der Waals surface area contributed by atoms with Gasteiger partial charge in [0, 0.05) is 6.54 Å². The van der Waals surface area contributed by atoms with E-state index in [4.69, 9.17) is 10.5 Å². The van der Waals surface area contributed by atoms with E-state index in [2.05, 4.69) is 17.2 Å². The number of anilines is 2. The van der Waals surface area contributed by atoms with E-state index >= 15 is 0 Å². The van der Waals surface area contributed by atoms with Crippen molar-refractivity contribution in [2.75, 3.05) is 17.6 Å². The lowest BCUT2D eigenvalue weighted by Crippen LogP contribution is -2.17. The van der Waals surface area contributed by atoms with Crippen LogP contribution in [0.25, 0.3) is 0 Å². The minimum absolute atomic E-state index is 0.0822. The summed E-state index contributed by atoms with van der Waals surface area (Å²) in [5.41, 5.74) is 6.48. The van der Waals surface area contributed by atoms with Crippen LogP contribution in [0, 0.1) is 11.8 Å². The Kier molecular flexibility index (Phi) is 5.71. The van der Waals surface area contributed by atoms with Crippen molar-refractivity contribution in [3.8, 4) is 5.88 Å². The van der Waals surface area contributed by atoms with Gasteiger partial charge in [0.1, 0.15) is 5.82 Å². The van der Waals surface area contributed by atoms with Gasteiger partial charge in [-0.25, -0.2) is 0 Å². The van der Waals surface area contributed by atoms with Crippen molar-refractivity contribution >= 4 is 11.5 Å². The summed E-state index contributed by atoms with van der Waals surface area (Å²) < 4.78 is 5.62. The summed E-state index contributed by atoms with van der Waals surface area (Å²) in [6.45, 7) is 7.29. The topological polar surface area (TPSA) is 60.2 Å². The minimum Gasteiger partial charge on any atom is -0.473 e. The smallest absolute Gasteiger partial charge is 0.239 e. The predicted molar refractivity (Wildman–Crippen MR) is 88.6 cm³/mol. The first kappa shape index (κ1) is 15.9. The Bertz CT molecular complexity index is 448. The van der Waals surface area contributed by atoms with Gasteiger partial charge in [-0.2, -0.15) is 4.98 Å². The lowest BCUT2D eigenvalue weighted by atomic mass is 9.81. The highest BCUT2D eigenvalue weighted by molar-refractivity contribution is 5.53. The van der Waals surface area contributed by atoms with Crippen LogP contribution in [0.15, 0.2) is 12.1 Å². The molecule has 1 aromatic heterocycles. The zero-order valence-electron chi connectivity index (χ0n) is 13.6. The summed E-state index contributed by atoms with van der Waals surface area (Å²) in [6.07, 6.45) is 6.84. The molecule has 118 valence electrons. The van der Waals surface area contributed by atoms with Crippen LogP contribution in [0.5, 0.6) is 5.88 Å². The number of nitrogens with two attached hydrogens (primary N) is 1. The largest absolute Gasteiger partial charge is 0.473 e. The second-order valence-electron chi connectivity index (χ2n) is 6.61. The molecule has 0 aromatic carbocycles. The van der Waals surface area contributed by atoms with Gasteiger partial charge in [-0.3, -0.25) is 0 Å². The van der Waals surface area contributed by atoms with Gasteiger partial charge >= 0.3 is 0 Å². The summed E-state index contributed by atoms with van der Waals surface area (Å²) >= 11 is 0. The summed E-state index contributed by atoms with van der Waals surface area (Å²) in [4.78, 5) is 4.45. The van der Waals surface area contributed by atoms with Crippen molar-refractivity contribution in [3.05, 3.63) is 12.1 Å². The maximum Gasteiger partial charge on any atom is 0.239 e. The molecule has 0 saturated heterocycles. The number of ether oxygens (including phenoxy) is 1. The van der Waals surface area contributed by atoms with Crippen LogP contribution in [0.3, 0.4) is 0 Å². The number of nitrogens with zero attached hydrogens (tertiary/aromatic N) is 1. The molecule has 0 aliphatic heterocycles. The molecule has 4 nitrogen and oxygen atoms in total. The fourth-order valence-corrected chi connectivity index (χ4v) is 3.09. The van der Waals surface area contributed by atoms with Crippen LogP contribution in [0.1, 0.15) is 52.9 Å². The van der Waals surface area contributed by atoms with E-state index in [0.29, 0.717) is 11.6 Å². The molecular formula is C17H29N3O. The van der Waals surface area contributed by atoms with Gasteiger partial charge in [0.2, 0.25) is 5.88 Å². The van der Waals surface area contributed by atoms with E-state index in [1.54, 1.807) is 0 Å². The molecule has 1 fully saturated rings. The van der Waals surface area contributed by atoms with Gasteiger partial charge in [0.05, 0.1) is 11.8 Å². The van der Waals surface area contributed by atoms with Gasteiger partial charge < -0.3 is 15.8 Å². The first-order valence-corrected chi connectivity index (χ1v) is 8.21. The monoisotopic (exact) mass is 291 g/mol. The minimum atomic E-state index is 0.0822. The van der Waals surface area contributed by atoms with Crippen molar-refractivity contribution < 1.29 is 4.74 Å². The number of nitrogen functional groups attached to an aromatic ring is 1. The molecule has 2 atom stereocenters. The van der Waals surface area contributed by atoms with Gasteiger partial charge in [-0.15, -0.1) is 0 Å². The maximum atomic E-state index is 5.88. The Morgan fingerprint density at radius 3 is 2.90 bits per heavy atom. The van der Waals surface area contributed by atoms with Crippen molar-refractivity contribution in [1.82, 2.24) is 4.98 Å². The van der Waals surface area contributed by atoms with Gasteiger partial charge in [-0.05, 0) is 50.7 Å². The molecule has 1 saturated carbocycles. The average molecular weight is 291 g/mol. The van der Waals surface area contributed by atoms with Crippen LogP contribution >= 0.6 is 0 Å². The molecule has 2 unspecified atom stereocenters. The highest BCUT2D eigenvalue weighted by Crippen LogP contribution is 2.30. The zero-order valence-corrected chi connectivity index (χ0v) is 13.6. The Morgan fingerprint density at radius 1 is 1.38 bits per heavy atom. The molecule has 0 amide bonds. The molecule has 1 aliphatic rings. The second kappa shape index (κ2) is 7.53. The fraction of sp³-hybridized carbons (Fsp3) is 0.706. The highest BCUT2D eigenvalue weighted by atomic mass is 16.5. The molecule has 0 bridgehead atoms. The third-order valence-corrected chi connectivity index (χ3v) is 4.14. The second-order valence-corrected chi connectivity index (χ2v) is 6.61. The van der Waals surface area contributed by atoms with Gasteiger partial charge in [0.25, 0.3) is 0 Å². The van der Waals surface area contributed by atoms with Crippen molar-refractivity contribution in [3.63, 3.8) is 0 Å². The number of aromatic nitrogens is 1. The standard InChI is InChI=1S/C17H29N3O/c1-12(2)21-17-15(18)7-8-16(20-17)19-10-9-14-6-4-5-13(3)11-14/h7-8,12-14H,4-6,9-11,18H2,1-3H3,(H,19,20). The van der Waals surface area contributed by atoms with Crippen LogP contribution in [-0.4, -0.2) is 17.6 Å². The average Bonchev–Trinajstić information content (AvgIpc) is 2.42. The Balaban J connectivity index is 1.82. The normalized spacial score (nSPS) is 22.3. The summed E-state index contributed by atoms with van der Waals surface area (Å²) in [7, 11) is 0. The van der Waals surface area contributed by atoms with Crippen molar-refractivity contribution in [2.24, 2.45) is 11.8 Å². The zero-order chi connectivity index (χ0) is 15.2. The van der Waals surface area contributed by atoms with Crippen molar-refractivity contribution in [2.45, 2.75) is 59.0 Å². The number of nitrogens with one attached hydrogen (secondary N) is 1. The number of hydrogen-bond donors (Lipinski definition) is 2. The van der Waals surface area contributed by atoms with Gasteiger partial charge in [-0.1, -0.05) is 26.2 Å². The molecule has 2 rings (SSSR count). The molecule has 4 heteroatoms. The maximum absolute atomic E-state index is 5.88. The molecule has 1 aliphatic carbocycles. The molecule has 1 aromatic rings. The Hall–Kier alpha value is -1.45. The van der Waals surface area contributed by atoms with Crippen LogP contribution in [-0.2, 0) is 0 Å². The van der Waals surface area contributed by atoms with E-state index in [1.807, 2.05) is 26.0 Å². The molecule has 1 heterocycles. The first-order chi connectivity index (χ1) is 10.0. The van der Waals surface area contributed by atoms with Crippen molar-refractivity contribution in [1.29, 1.82) is 0 Å². The third-order valence-electron chi connectivity index (χ3n) is 4.14. The Labute approximate surface area is 128 Å². The molecule has 21 heavy (non-hydrogen) atoms. The van der Waals surface area contributed by atoms with E-state index in [-0.39, 0.29) is 6.10 Å². The van der Waals surface area contributed by atoms with Gasteiger partial charge in [0.15, 0.2) is 0 Å². The van der Waals surface area contributed by atoms with E-state index in [1.165, 1.54) is 32.1 Å². The quantitative estimate of drug-likeness (QED) is 0.829. The van der Waals surface area contributed by atoms with Crippen LogP contribution < -0.4 is 15.8 Å². The molecule has 3 N–H and O–H groups in total. The first-order valence-electron chi connectivity index (χ1n) is 8.21. The SMILES string of the molecule is CC1CCCC(CCNc2ccc(N)c(OC(C)C)n2)C1. The number of rotatable bonds is 6. The van der Waals surface area contributed by atoms with E-state index < -0.39 is 0 Å². The molecule has 0 radical (unpaired) electrons. The lowest BCUT2D eigenvalue weighted by Gasteiger charge is -2.26. The number of hydrogen-bond acceptors (Lipinski definition) is 4. The predicted octanol–water partition coefficient (Wildman–Crippen LogP) is 4.08.